The van der Waals surface area contributed by atoms with Crippen molar-refractivity contribution < 1.29 is 9.90 Å². The third kappa shape index (κ3) is 3.14. The van der Waals surface area contributed by atoms with Crippen LogP contribution in [0.4, 0.5) is 0 Å². The summed E-state index contributed by atoms with van der Waals surface area (Å²) >= 11 is 1.65. The van der Waals surface area contributed by atoms with E-state index in [-0.39, 0.29) is 5.91 Å². The Morgan fingerprint density at radius 1 is 1.59 bits per heavy atom. The maximum atomic E-state index is 11.9. The average molecular weight is 258 g/mol. The van der Waals surface area contributed by atoms with Crippen LogP contribution in [-0.2, 0) is 4.79 Å². The van der Waals surface area contributed by atoms with E-state index in [2.05, 4.69) is 24.3 Å². The summed E-state index contributed by atoms with van der Waals surface area (Å²) in [5.74, 6) is 1.95. The molecule has 0 aromatic heterocycles. The van der Waals surface area contributed by atoms with E-state index in [1.54, 1.807) is 11.8 Å². The van der Waals surface area contributed by atoms with Crippen LogP contribution in [0.3, 0.4) is 0 Å². The van der Waals surface area contributed by atoms with Crippen molar-refractivity contribution >= 4 is 17.7 Å². The first-order valence-corrected chi connectivity index (χ1v) is 7.43. The fourth-order valence-corrected chi connectivity index (χ4v) is 3.59. The van der Waals surface area contributed by atoms with Crippen molar-refractivity contribution in [3.8, 4) is 0 Å². The maximum absolute atomic E-state index is 11.9. The van der Waals surface area contributed by atoms with E-state index in [9.17, 15) is 9.90 Å². The van der Waals surface area contributed by atoms with Gasteiger partial charge in [0, 0.05) is 18.3 Å². The van der Waals surface area contributed by atoms with E-state index in [1.165, 1.54) is 12.8 Å². The minimum absolute atomic E-state index is 0.185. The highest BCUT2D eigenvalue weighted by Crippen LogP contribution is 2.34. The first-order valence-electron chi connectivity index (χ1n) is 6.28. The second-order valence-electron chi connectivity index (χ2n) is 5.41. The highest BCUT2D eigenvalue weighted by atomic mass is 32.2. The molecule has 2 fully saturated rings. The Bertz CT molecular complexity index is 284. The van der Waals surface area contributed by atoms with E-state index in [0.29, 0.717) is 24.8 Å². The molecule has 1 aliphatic heterocycles. The first-order chi connectivity index (χ1) is 8.03. The van der Waals surface area contributed by atoms with Gasteiger partial charge in [-0.15, -0.1) is 0 Å². The fraction of sp³-hybridized carbons (Fsp3) is 0.917. The molecule has 2 N–H and O–H groups in total. The number of thioether (sulfide) groups is 1. The van der Waals surface area contributed by atoms with Gasteiger partial charge in [-0.3, -0.25) is 4.79 Å². The number of amides is 1. The third-order valence-corrected chi connectivity index (χ3v) is 4.90. The van der Waals surface area contributed by atoms with E-state index in [0.717, 1.165) is 11.7 Å². The normalized spacial score (nSPS) is 30.6. The first kappa shape index (κ1) is 13.2. The molecular weight excluding hydrogens is 236 g/mol. The minimum Gasteiger partial charge on any atom is -0.379 e. The molecule has 1 aliphatic carbocycles. The van der Waals surface area contributed by atoms with Crippen LogP contribution in [0.5, 0.6) is 0 Å². The maximum Gasteiger partial charge on any atom is 0.252 e. The molecule has 1 heterocycles. The summed E-state index contributed by atoms with van der Waals surface area (Å²) in [6.45, 7) is 0.656. The zero-order valence-electron chi connectivity index (χ0n) is 10.6. The van der Waals surface area contributed by atoms with Crippen molar-refractivity contribution in [1.29, 1.82) is 0 Å². The lowest BCUT2D eigenvalue weighted by Gasteiger charge is -2.27. The van der Waals surface area contributed by atoms with Crippen molar-refractivity contribution in [3.63, 3.8) is 0 Å². The van der Waals surface area contributed by atoms with E-state index in [1.807, 2.05) is 0 Å². The zero-order chi connectivity index (χ0) is 12.5. The summed E-state index contributed by atoms with van der Waals surface area (Å²) in [5.41, 5.74) is -1.12. The summed E-state index contributed by atoms with van der Waals surface area (Å²) in [6.07, 6.45) is 3.11. The van der Waals surface area contributed by atoms with Gasteiger partial charge in [0.2, 0.25) is 0 Å². The van der Waals surface area contributed by atoms with Gasteiger partial charge >= 0.3 is 0 Å². The lowest BCUT2D eigenvalue weighted by atomic mass is 10.0. The molecule has 0 aromatic carbocycles. The van der Waals surface area contributed by atoms with Gasteiger partial charge in [0.15, 0.2) is 5.60 Å². The van der Waals surface area contributed by atoms with Crippen LogP contribution >= 0.6 is 11.8 Å². The summed E-state index contributed by atoms with van der Waals surface area (Å²) in [5, 5.41) is 13.0. The van der Waals surface area contributed by atoms with Gasteiger partial charge in [-0.05, 0) is 45.0 Å². The number of hydrogen-bond donors (Lipinski definition) is 2. The van der Waals surface area contributed by atoms with Crippen LogP contribution < -0.4 is 5.32 Å². The fourth-order valence-electron chi connectivity index (χ4n) is 2.35. The Morgan fingerprint density at radius 3 is 2.76 bits per heavy atom. The second kappa shape index (κ2) is 5.16. The molecule has 1 saturated heterocycles. The largest absolute Gasteiger partial charge is 0.379 e. The molecule has 0 radical (unpaired) electrons. The molecule has 0 spiro atoms. The molecule has 1 amide bonds. The van der Waals surface area contributed by atoms with Gasteiger partial charge in [-0.25, -0.2) is 0 Å². The summed E-state index contributed by atoms with van der Waals surface area (Å²) < 4.78 is 0. The van der Waals surface area contributed by atoms with Crippen LogP contribution in [0.15, 0.2) is 0 Å². The van der Waals surface area contributed by atoms with Crippen LogP contribution in [-0.4, -0.2) is 59.7 Å². The summed E-state index contributed by atoms with van der Waals surface area (Å²) in [4.78, 5) is 14.1. The molecule has 2 rings (SSSR count). The predicted molar refractivity (Wildman–Crippen MR) is 70.1 cm³/mol. The molecule has 4 nitrogen and oxygen atoms in total. The van der Waals surface area contributed by atoms with Crippen LogP contribution in [0, 0.1) is 5.92 Å². The Balaban J connectivity index is 1.82. The number of carbonyl (C=O) groups excluding carboxylic acids is 1. The lowest BCUT2D eigenvalue weighted by molar-refractivity contribution is -0.137. The third-order valence-electron chi connectivity index (χ3n) is 3.72. The van der Waals surface area contributed by atoms with Crippen molar-refractivity contribution in [2.75, 3.05) is 32.1 Å². The van der Waals surface area contributed by atoms with Crippen molar-refractivity contribution in [3.05, 3.63) is 0 Å². The second-order valence-corrected chi connectivity index (χ2v) is 6.52. The van der Waals surface area contributed by atoms with Gasteiger partial charge in [0.1, 0.15) is 0 Å². The summed E-state index contributed by atoms with van der Waals surface area (Å²) in [7, 11) is 4.10. The number of aliphatic hydroxyl groups is 1. The predicted octanol–water partition coefficient (Wildman–Crippen LogP) is 0.311. The number of likely N-dealkylation sites (N-methyl/N-ethyl adjacent to an activating group) is 1. The van der Waals surface area contributed by atoms with Gasteiger partial charge in [0.05, 0.1) is 0 Å². The van der Waals surface area contributed by atoms with Gasteiger partial charge in [-0.2, -0.15) is 11.8 Å². The zero-order valence-corrected chi connectivity index (χ0v) is 11.4. The van der Waals surface area contributed by atoms with Crippen LogP contribution in [0.2, 0.25) is 0 Å². The minimum atomic E-state index is -1.12. The quantitative estimate of drug-likeness (QED) is 0.745. The molecular formula is C12H22N2O2S. The number of nitrogens with zero attached hydrogens (tertiary/aromatic N) is 1. The van der Waals surface area contributed by atoms with Crippen molar-refractivity contribution in [2.45, 2.75) is 30.9 Å². The molecule has 1 saturated carbocycles. The standard InChI is InChI=1S/C12H22N2O2S/c1-14(2)10(9-3-4-9)7-13-11(15)12(16)5-6-17-8-12/h9-10,16H,3-8H2,1-2H3,(H,13,15). The Labute approximate surface area is 107 Å². The van der Waals surface area contributed by atoms with E-state index < -0.39 is 5.60 Å². The molecule has 2 atom stereocenters. The molecule has 98 valence electrons. The molecule has 0 bridgehead atoms. The van der Waals surface area contributed by atoms with Crippen molar-refractivity contribution in [1.82, 2.24) is 10.2 Å². The molecule has 2 aliphatic rings. The van der Waals surface area contributed by atoms with E-state index in [4.69, 9.17) is 0 Å². The van der Waals surface area contributed by atoms with Gasteiger partial charge in [-0.1, -0.05) is 0 Å². The van der Waals surface area contributed by atoms with Crippen LogP contribution in [0.1, 0.15) is 19.3 Å². The summed E-state index contributed by atoms with van der Waals surface area (Å²) in [6, 6.07) is 0.414. The molecule has 17 heavy (non-hydrogen) atoms. The monoisotopic (exact) mass is 258 g/mol. The Hall–Kier alpha value is -0.260. The number of nitrogens with one attached hydrogen (secondary N) is 1. The number of hydrogen-bond acceptors (Lipinski definition) is 4. The van der Waals surface area contributed by atoms with Gasteiger partial charge in [0.25, 0.3) is 5.91 Å². The SMILES string of the molecule is CN(C)C(CNC(=O)C1(O)CCSC1)C1CC1. The van der Waals surface area contributed by atoms with Crippen LogP contribution in [0.25, 0.3) is 0 Å². The molecule has 0 aromatic rings. The smallest absolute Gasteiger partial charge is 0.252 e. The number of rotatable bonds is 5. The highest BCUT2D eigenvalue weighted by molar-refractivity contribution is 7.99. The van der Waals surface area contributed by atoms with E-state index >= 15 is 0 Å². The molecule has 2 unspecified atom stereocenters. The average Bonchev–Trinajstić information content (AvgIpc) is 3.00. The topological polar surface area (TPSA) is 52.6 Å². The lowest BCUT2D eigenvalue weighted by Crippen LogP contribution is -2.51. The van der Waals surface area contributed by atoms with Gasteiger partial charge < -0.3 is 15.3 Å². The number of carbonyl (C=O) groups is 1. The Kier molecular flexibility index (Phi) is 4.00. The van der Waals surface area contributed by atoms with Crippen molar-refractivity contribution in [2.24, 2.45) is 5.92 Å². The highest BCUT2D eigenvalue weighted by Gasteiger charge is 2.40. The Morgan fingerprint density at radius 2 is 2.29 bits per heavy atom. The molecule has 5 heteroatoms.